The average molecular weight is 288 g/mol. The predicted molar refractivity (Wildman–Crippen MR) is 92.8 cm³/mol. The van der Waals surface area contributed by atoms with Gasteiger partial charge in [-0.3, -0.25) is 0 Å². The van der Waals surface area contributed by atoms with Crippen LogP contribution in [0.25, 0.3) is 0 Å². The van der Waals surface area contributed by atoms with Gasteiger partial charge in [-0.15, -0.1) is 0 Å². The van der Waals surface area contributed by atoms with Gasteiger partial charge in [-0.1, -0.05) is 45.9 Å². The zero-order valence-corrected chi connectivity index (χ0v) is 14.2. The van der Waals surface area contributed by atoms with Crippen LogP contribution in [0.4, 0.5) is 5.69 Å². The second-order valence-electron chi connectivity index (χ2n) is 6.72. The number of nitrogens with one attached hydrogen (secondary N) is 2. The molecule has 0 amide bonds. The van der Waals surface area contributed by atoms with E-state index >= 15 is 0 Å². The van der Waals surface area contributed by atoms with Crippen LogP contribution in [0.2, 0.25) is 0 Å². The summed E-state index contributed by atoms with van der Waals surface area (Å²) in [6, 6.07) is 11.2. The minimum absolute atomic E-state index is 0.288. The fourth-order valence-electron chi connectivity index (χ4n) is 3.98. The molecule has 1 saturated heterocycles. The standard InChI is InChI=1S/C19H32N2/c1-5-18(6-2)14-17(15-19(7-3,8-4)21-18)20-16-12-10-9-11-13-16/h9-13,17,20-21H,5-8,14-15H2,1-4H3. The number of para-hydroxylation sites is 1. The van der Waals surface area contributed by atoms with Gasteiger partial charge >= 0.3 is 0 Å². The SMILES string of the molecule is CCC1(CC)CC(Nc2ccccc2)CC(CC)(CC)N1. The number of benzene rings is 1. The predicted octanol–water partition coefficient (Wildman–Crippen LogP) is 4.97. The Morgan fingerprint density at radius 1 is 0.905 bits per heavy atom. The second-order valence-corrected chi connectivity index (χ2v) is 6.72. The van der Waals surface area contributed by atoms with E-state index in [9.17, 15) is 0 Å². The van der Waals surface area contributed by atoms with Crippen molar-refractivity contribution in [1.82, 2.24) is 5.32 Å². The largest absolute Gasteiger partial charge is 0.382 e. The number of piperidine rings is 1. The highest BCUT2D eigenvalue weighted by Gasteiger charge is 2.44. The molecule has 0 aromatic heterocycles. The van der Waals surface area contributed by atoms with Crippen molar-refractivity contribution in [3.63, 3.8) is 0 Å². The quantitative estimate of drug-likeness (QED) is 0.772. The molecule has 2 rings (SSSR count). The summed E-state index contributed by atoms with van der Waals surface area (Å²) >= 11 is 0. The lowest BCUT2D eigenvalue weighted by Crippen LogP contribution is -2.64. The zero-order valence-electron chi connectivity index (χ0n) is 14.2. The lowest BCUT2D eigenvalue weighted by Gasteiger charge is -2.52. The number of hydrogen-bond donors (Lipinski definition) is 2. The first kappa shape index (κ1) is 16.4. The van der Waals surface area contributed by atoms with Gasteiger partial charge in [0.25, 0.3) is 0 Å². The Morgan fingerprint density at radius 2 is 1.38 bits per heavy atom. The molecule has 1 aromatic rings. The Balaban J connectivity index is 2.20. The van der Waals surface area contributed by atoms with Crippen LogP contribution in [0, 0.1) is 0 Å². The van der Waals surface area contributed by atoms with Gasteiger partial charge in [0.2, 0.25) is 0 Å². The van der Waals surface area contributed by atoms with Crippen molar-refractivity contribution in [3.05, 3.63) is 30.3 Å². The van der Waals surface area contributed by atoms with E-state index in [0.29, 0.717) is 6.04 Å². The molecule has 0 atom stereocenters. The molecule has 2 nitrogen and oxygen atoms in total. The van der Waals surface area contributed by atoms with Gasteiger partial charge < -0.3 is 10.6 Å². The highest BCUT2D eigenvalue weighted by atomic mass is 15.1. The minimum Gasteiger partial charge on any atom is -0.382 e. The van der Waals surface area contributed by atoms with Gasteiger partial charge in [0.05, 0.1) is 0 Å². The smallest absolute Gasteiger partial charge is 0.0342 e. The summed E-state index contributed by atoms with van der Waals surface area (Å²) in [5, 5.41) is 7.84. The Bertz CT molecular complexity index is 398. The summed E-state index contributed by atoms with van der Waals surface area (Å²) < 4.78 is 0. The van der Waals surface area contributed by atoms with E-state index in [-0.39, 0.29) is 11.1 Å². The molecular formula is C19H32N2. The fourth-order valence-corrected chi connectivity index (χ4v) is 3.98. The van der Waals surface area contributed by atoms with E-state index in [1.165, 1.54) is 44.2 Å². The third-order valence-corrected chi connectivity index (χ3v) is 5.66. The first-order valence-electron chi connectivity index (χ1n) is 8.72. The molecule has 0 bridgehead atoms. The molecular weight excluding hydrogens is 256 g/mol. The molecule has 0 unspecified atom stereocenters. The summed E-state index contributed by atoms with van der Waals surface area (Å²) in [7, 11) is 0. The van der Waals surface area contributed by atoms with Gasteiger partial charge in [0.1, 0.15) is 0 Å². The Kier molecular flexibility index (Phi) is 5.32. The van der Waals surface area contributed by atoms with Gasteiger partial charge in [-0.25, -0.2) is 0 Å². The summed E-state index contributed by atoms with van der Waals surface area (Å²) in [6.07, 6.45) is 7.26. The molecule has 1 fully saturated rings. The van der Waals surface area contributed by atoms with Crippen molar-refractivity contribution in [2.75, 3.05) is 5.32 Å². The number of anilines is 1. The Hall–Kier alpha value is -1.02. The summed E-state index contributed by atoms with van der Waals surface area (Å²) in [6.45, 7) is 9.32. The van der Waals surface area contributed by atoms with Crippen molar-refractivity contribution < 1.29 is 0 Å². The minimum atomic E-state index is 0.288. The van der Waals surface area contributed by atoms with Crippen LogP contribution in [0.1, 0.15) is 66.2 Å². The van der Waals surface area contributed by atoms with Crippen molar-refractivity contribution in [1.29, 1.82) is 0 Å². The van der Waals surface area contributed by atoms with E-state index in [1.807, 2.05) is 0 Å². The second kappa shape index (κ2) is 6.83. The fraction of sp³-hybridized carbons (Fsp3) is 0.684. The molecule has 0 aliphatic carbocycles. The summed E-state index contributed by atoms with van der Waals surface area (Å²) in [5.41, 5.74) is 1.83. The van der Waals surface area contributed by atoms with Gasteiger partial charge in [0, 0.05) is 22.8 Å². The van der Waals surface area contributed by atoms with Crippen LogP contribution in [-0.4, -0.2) is 17.1 Å². The van der Waals surface area contributed by atoms with Gasteiger partial charge in [-0.05, 0) is 50.7 Å². The molecule has 2 N–H and O–H groups in total. The van der Waals surface area contributed by atoms with Crippen LogP contribution < -0.4 is 10.6 Å². The van der Waals surface area contributed by atoms with Gasteiger partial charge in [0.15, 0.2) is 0 Å². The Morgan fingerprint density at radius 3 is 1.81 bits per heavy atom. The van der Waals surface area contributed by atoms with Crippen LogP contribution >= 0.6 is 0 Å². The van der Waals surface area contributed by atoms with Crippen molar-refractivity contribution in [2.45, 2.75) is 83.3 Å². The molecule has 0 spiro atoms. The van der Waals surface area contributed by atoms with E-state index in [2.05, 4.69) is 68.7 Å². The summed E-state index contributed by atoms with van der Waals surface area (Å²) in [4.78, 5) is 0. The molecule has 1 aromatic carbocycles. The lowest BCUT2D eigenvalue weighted by molar-refractivity contribution is 0.101. The van der Waals surface area contributed by atoms with Crippen molar-refractivity contribution in [2.24, 2.45) is 0 Å². The highest BCUT2D eigenvalue weighted by Crippen LogP contribution is 2.38. The monoisotopic (exact) mass is 288 g/mol. The van der Waals surface area contributed by atoms with E-state index in [4.69, 9.17) is 0 Å². The normalized spacial score (nSPS) is 21.1. The Labute approximate surface area is 130 Å². The average Bonchev–Trinajstić information content (AvgIpc) is 2.55. The molecule has 2 heteroatoms. The van der Waals surface area contributed by atoms with Gasteiger partial charge in [-0.2, -0.15) is 0 Å². The molecule has 0 saturated carbocycles. The molecule has 1 heterocycles. The van der Waals surface area contributed by atoms with E-state index < -0.39 is 0 Å². The molecule has 1 aliphatic rings. The lowest BCUT2D eigenvalue weighted by atomic mass is 9.71. The zero-order chi connectivity index (χ0) is 15.3. The van der Waals surface area contributed by atoms with Crippen LogP contribution in [-0.2, 0) is 0 Å². The maximum atomic E-state index is 4.05. The third-order valence-electron chi connectivity index (χ3n) is 5.66. The molecule has 0 radical (unpaired) electrons. The first-order chi connectivity index (χ1) is 10.1. The van der Waals surface area contributed by atoms with Crippen molar-refractivity contribution >= 4 is 5.69 Å². The molecule has 21 heavy (non-hydrogen) atoms. The molecule has 1 aliphatic heterocycles. The third kappa shape index (κ3) is 3.60. The van der Waals surface area contributed by atoms with Crippen molar-refractivity contribution in [3.8, 4) is 0 Å². The van der Waals surface area contributed by atoms with E-state index in [0.717, 1.165) is 0 Å². The van der Waals surface area contributed by atoms with Crippen LogP contribution in [0.3, 0.4) is 0 Å². The summed E-state index contributed by atoms with van der Waals surface area (Å²) in [5.74, 6) is 0. The number of hydrogen-bond acceptors (Lipinski definition) is 2. The maximum Gasteiger partial charge on any atom is 0.0342 e. The van der Waals surface area contributed by atoms with Crippen LogP contribution in [0.15, 0.2) is 30.3 Å². The first-order valence-corrected chi connectivity index (χ1v) is 8.72. The van der Waals surface area contributed by atoms with E-state index in [1.54, 1.807) is 0 Å². The topological polar surface area (TPSA) is 24.1 Å². The van der Waals surface area contributed by atoms with Crippen LogP contribution in [0.5, 0.6) is 0 Å². The highest BCUT2D eigenvalue weighted by molar-refractivity contribution is 5.43. The number of rotatable bonds is 6. The maximum absolute atomic E-state index is 4.05. The molecule has 118 valence electrons.